The van der Waals surface area contributed by atoms with Crippen LogP contribution in [0.2, 0.25) is 0 Å². The van der Waals surface area contributed by atoms with Gasteiger partial charge in [0, 0.05) is 31.0 Å². The number of rotatable bonds is 5. The summed E-state index contributed by atoms with van der Waals surface area (Å²) >= 11 is 0. The molecule has 1 unspecified atom stereocenters. The number of amides is 3. The van der Waals surface area contributed by atoms with Gasteiger partial charge in [-0.2, -0.15) is 0 Å². The molecule has 1 aromatic rings. The van der Waals surface area contributed by atoms with Crippen molar-refractivity contribution in [3.63, 3.8) is 0 Å². The second kappa shape index (κ2) is 7.91. The summed E-state index contributed by atoms with van der Waals surface area (Å²) < 4.78 is 0. The van der Waals surface area contributed by atoms with Crippen molar-refractivity contribution in [2.75, 3.05) is 5.32 Å². The number of halogens is 1. The van der Waals surface area contributed by atoms with Crippen LogP contribution in [-0.4, -0.2) is 28.7 Å². The van der Waals surface area contributed by atoms with Crippen molar-refractivity contribution in [2.45, 2.75) is 38.8 Å². The summed E-state index contributed by atoms with van der Waals surface area (Å²) in [5, 5.41) is 2.78. The number of hydrogen-bond acceptors (Lipinski definition) is 4. The van der Waals surface area contributed by atoms with Gasteiger partial charge in [-0.1, -0.05) is 18.2 Å². The Morgan fingerprint density at radius 3 is 2.45 bits per heavy atom. The Balaban J connectivity index is 0.00000242. The average Bonchev–Trinajstić information content (AvgIpc) is 2.71. The van der Waals surface area contributed by atoms with Crippen molar-refractivity contribution in [3.8, 4) is 0 Å². The molecule has 3 amide bonds. The summed E-state index contributed by atoms with van der Waals surface area (Å²) in [6, 6.07) is 6.92. The first-order chi connectivity index (χ1) is 9.97. The lowest BCUT2D eigenvalue weighted by Crippen LogP contribution is -2.29. The van der Waals surface area contributed by atoms with E-state index in [2.05, 4.69) is 5.32 Å². The zero-order valence-electron chi connectivity index (χ0n) is 12.4. The fourth-order valence-electron chi connectivity index (χ4n) is 2.24. The number of hydrogen-bond donors (Lipinski definition) is 2. The molecular weight excluding hydrogens is 306 g/mol. The van der Waals surface area contributed by atoms with Crippen LogP contribution in [0.15, 0.2) is 24.3 Å². The van der Waals surface area contributed by atoms with Gasteiger partial charge in [0.1, 0.15) is 0 Å². The zero-order chi connectivity index (χ0) is 15.4. The first-order valence-corrected chi connectivity index (χ1v) is 6.94. The quantitative estimate of drug-likeness (QED) is 0.801. The van der Waals surface area contributed by atoms with Gasteiger partial charge >= 0.3 is 0 Å². The van der Waals surface area contributed by atoms with Crippen LogP contribution in [0.1, 0.15) is 31.7 Å². The predicted octanol–water partition coefficient (Wildman–Crippen LogP) is 1.43. The highest BCUT2D eigenvalue weighted by atomic mass is 35.5. The van der Waals surface area contributed by atoms with Gasteiger partial charge in [-0.25, -0.2) is 0 Å². The molecule has 3 N–H and O–H groups in total. The molecule has 0 aliphatic carbocycles. The number of nitrogens with one attached hydrogen (secondary N) is 1. The van der Waals surface area contributed by atoms with E-state index in [4.69, 9.17) is 5.73 Å². The first-order valence-electron chi connectivity index (χ1n) is 6.94. The molecule has 0 radical (unpaired) electrons. The normalized spacial score (nSPS) is 15.5. The second-order valence-electron chi connectivity index (χ2n) is 5.26. The molecule has 6 nitrogen and oxygen atoms in total. The Hall–Kier alpha value is -1.92. The highest BCUT2D eigenvalue weighted by molar-refractivity contribution is 6.02. The number of nitrogens with zero attached hydrogens (tertiary/aromatic N) is 1. The maximum atomic E-state index is 11.8. The number of carbonyl (C=O) groups is 3. The molecule has 120 valence electrons. The fraction of sp³-hybridized carbons (Fsp3) is 0.400. The Morgan fingerprint density at radius 2 is 1.86 bits per heavy atom. The van der Waals surface area contributed by atoms with Gasteiger partial charge in [0.15, 0.2) is 0 Å². The number of imide groups is 1. The summed E-state index contributed by atoms with van der Waals surface area (Å²) in [6.07, 6.45) is 0.742. The van der Waals surface area contributed by atoms with Crippen molar-refractivity contribution in [1.29, 1.82) is 0 Å². The highest BCUT2D eigenvalue weighted by Gasteiger charge is 2.29. The van der Waals surface area contributed by atoms with Crippen molar-refractivity contribution in [3.05, 3.63) is 29.8 Å². The second-order valence-corrected chi connectivity index (χ2v) is 5.26. The van der Waals surface area contributed by atoms with E-state index >= 15 is 0 Å². The van der Waals surface area contributed by atoms with Crippen molar-refractivity contribution in [2.24, 2.45) is 5.73 Å². The third-order valence-corrected chi connectivity index (χ3v) is 3.28. The van der Waals surface area contributed by atoms with E-state index in [0.717, 1.165) is 5.56 Å². The number of para-hydroxylation sites is 1. The SMILES string of the molecule is CC(N)CC(=O)Nc1ccccc1CN1C(=O)CCC1=O.Cl. The van der Waals surface area contributed by atoms with E-state index in [1.54, 1.807) is 25.1 Å². The molecule has 1 fully saturated rings. The molecule has 1 saturated heterocycles. The topological polar surface area (TPSA) is 92.5 Å². The maximum absolute atomic E-state index is 11.8. The minimum Gasteiger partial charge on any atom is -0.327 e. The lowest BCUT2D eigenvalue weighted by molar-refractivity contribution is -0.139. The van der Waals surface area contributed by atoms with Crippen LogP contribution in [-0.2, 0) is 20.9 Å². The van der Waals surface area contributed by atoms with Crippen LogP contribution in [0.25, 0.3) is 0 Å². The molecule has 1 heterocycles. The Morgan fingerprint density at radius 1 is 1.27 bits per heavy atom. The molecule has 1 aromatic carbocycles. The molecule has 0 bridgehead atoms. The first kappa shape index (κ1) is 18.1. The molecule has 0 aromatic heterocycles. The van der Waals surface area contributed by atoms with Gasteiger partial charge in [-0.3, -0.25) is 19.3 Å². The minimum absolute atomic E-state index is 0. The number of anilines is 1. The summed E-state index contributed by atoms with van der Waals surface area (Å²) in [5.74, 6) is -0.523. The minimum atomic E-state index is -0.223. The van der Waals surface area contributed by atoms with Gasteiger partial charge in [0.25, 0.3) is 0 Å². The standard InChI is InChI=1S/C15H19N3O3.ClH/c1-10(16)8-13(19)17-12-5-3-2-4-11(12)9-18-14(20)6-7-15(18)21;/h2-5,10H,6-9,16H2,1H3,(H,17,19);1H. The third-order valence-electron chi connectivity index (χ3n) is 3.28. The molecular formula is C15H20ClN3O3. The molecule has 1 aliphatic rings. The number of likely N-dealkylation sites (tertiary alicyclic amines) is 1. The van der Waals surface area contributed by atoms with Crippen molar-refractivity contribution >= 4 is 35.8 Å². The maximum Gasteiger partial charge on any atom is 0.229 e. The summed E-state index contributed by atoms with van der Waals surface area (Å²) in [5.41, 5.74) is 6.94. The van der Waals surface area contributed by atoms with Gasteiger partial charge in [0.2, 0.25) is 17.7 Å². The lowest BCUT2D eigenvalue weighted by Gasteiger charge is -2.17. The molecule has 2 rings (SSSR count). The molecule has 22 heavy (non-hydrogen) atoms. The van der Waals surface area contributed by atoms with Gasteiger partial charge in [0.05, 0.1) is 6.54 Å². The number of benzene rings is 1. The van der Waals surface area contributed by atoms with Crippen molar-refractivity contribution < 1.29 is 14.4 Å². The zero-order valence-corrected chi connectivity index (χ0v) is 13.2. The average molecular weight is 326 g/mol. The summed E-state index contributed by atoms with van der Waals surface area (Å²) in [7, 11) is 0. The van der Waals surface area contributed by atoms with Crippen LogP contribution >= 0.6 is 12.4 Å². The van der Waals surface area contributed by atoms with Crippen LogP contribution in [0.4, 0.5) is 5.69 Å². The Kier molecular flexibility index (Phi) is 6.52. The smallest absolute Gasteiger partial charge is 0.229 e. The number of nitrogens with two attached hydrogens (primary N) is 1. The lowest BCUT2D eigenvalue weighted by atomic mass is 10.1. The molecule has 0 saturated carbocycles. The molecule has 1 aliphatic heterocycles. The van der Waals surface area contributed by atoms with E-state index in [-0.39, 0.29) is 62.0 Å². The fourth-order valence-corrected chi connectivity index (χ4v) is 2.24. The van der Waals surface area contributed by atoms with Crippen LogP contribution in [0, 0.1) is 0 Å². The van der Waals surface area contributed by atoms with E-state index < -0.39 is 0 Å². The largest absolute Gasteiger partial charge is 0.327 e. The Labute approximate surface area is 135 Å². The predicted molar refractivity (Wildman–Crippen MR) is 85.4 cm³/mol. The van der Waals surface area contributed by atoms with Crippen LogP contribution in [0.5, 0.6) is 0 Å². The molecule has 0 spiro atoms. The molecule has 7 heteroatoms. The van der Waals surface area contributed by atoms with Gasteiger partial charge < -0.3 is 11.1 Å². The van der Waals surface area contributed by atoms with E-state index in [1.165, 1.54) is 4.90 Å². The monoisotopic (exact) mass is 325 g/mol. The van der Waals surface area contributed by atoms with E-state index in [9.17, 15) is 14.4 Å². The van der Waals surface area contributed by atoms with E-state index in [0.29, 0.717) is 5.69 Å². The summed E-state index contributed by atoms with van der Waals surface area (Å²) in [4.78, 5) is 36.4. The van der Waals surface area contributed by atoms with E-state index in [1.807, 2.05) is 6.07 Å². The van der Waals surface area contributed by atoms with Crippen LogP contribution in [0.3, 0.4) is 0 Å². The number of carbonyl (C=O) groups excluding carboxylic acids is 3. The van der Waals surface area contributed by atoms with Gasteiger partial charge in [-0.05, 0) is 18.6 Å². The van der Waals surface area contributed by atoms with Crippen molar-refractivity contribution in [1.82, 2.24) is 4.90 Å². The molecule has 1 atom stereocenters. The highest BCUT2D eigenvalue weighted by Crippen LogP contribution is 2.21. The van der Waals surface area contributed by atoms with Gasteiger partial charge in [-0.15, -0.1) is 12.4 Å². The summed E-state index contributed by atoms with van der Waals surface area (Å²) in [6.45, 7) is 1.94. The Bertz CT molecular complexity index is 559. The van der Waals surface area contributed by atoms with Crippen LogP contribution < -0.4 is 11.1 Å². The third kappa shape index (κ3) is 4.54.